The minimum atomic E-state index is -1.17. The number of nitrogens with two attached hydrogens (primary N) is 1. The van der Waals surface area contributed by atoms with Gasteiger partial charge in [-0.2, -0.15) is 0 Å². The Balaban J connectivity index is 0.00000361. The number of aryl methyl sites for hydroxylation is 1. The molecule has 0 saturated heterocycles. The van der Waals surface area contributed by atoms with Crippen molar-refractivity contribution in [1.82, 2.24) is 9.55 Å². The zero-order valence-corrected chi connectivity index (χ0v) is 20.2. The number of hydrogen-bond donors (Lipinski definition) is 3. The van der Waals surface area contributed by atoms with E-state index in [9.17, 15) is 19.5 Å². The van der Waals surface area contributed by atoms with E-state index in [1.807, 2.05) is 11.6 Å². The highest BCUT2D eigenvalue weighted by atomic mass is 35.5. The van der Waals surface area contributed by atoms with Crippen LogP contribution in [0.3, 0.4) is 0 Å². The van der Waals surface area contributed by atoms with Crippen molar-refractivity contribution >= 4 is 52.5 Å². The Labute approximate surface area is 213 Å². The molecule has 2 heterocycles. The van der Waals surface area contributed by atoms with Gasteiger partial charge in [0, 0.05) is 53.6 Å². The summed E-state index contributed by atoms with van der Waals surface area (Å²) < 4.78 is 1.81. The van der Waals surface area contributed by atoms with Crippen LogP contribution >= 0.6 is 12.4 Å². The molecule has 1 amide bonds. The second kappa shape index (κ2) is 10.8. The molecule has 184 valence electrons. The molecule has 4 aromatic rings. The quantitative estimate of drug-likeness (QED) is 0.190. The van der Waals surface area contributed by atoms with Gasteiger partial charge in [0.25, 0.3) is 5.91 Å². The Morgan fingerprint density at radius 3 is 2.42 bits per heavy atom. The van der Waals surface area contributed by atoms with Gasteiger partial charge in [0.05, 0.1) is 0 Å². The highest BCUT2D eigenvalue weighted by Gasteiger charge is 2.23. The molecule has 0 aliphatic carbocycles. The van der Waals surface area contributed by atoms with Crippen LogP contribution in [0.15, 0.2) is 73.1 Å². The van der Waals surface area contributed by atoms with Crippen molar-refractivity contribution in [3.63, 3.8) is 0 Å². The van der Waals surface area contributed by atoms with E-state index < -0.39 is 18.4 Å². The lowest BCUT2D eigenvalue weighted by atomic mass is 10.0. The van der Waals surface area contributed by atoms with Crippen molar-refractivity contribution in [3.8, 4) is 0 Å². The minimum absolute atomic E-state index is 0. The summed E-state index contributed by atoms with van der Waals surface area (Å²) in [4.78, 5) is 43.0. The summed E-state index contributed by atoms with van der Waals surface area (Å²) in [6, 6.07) is 16.8. The van der Waals surface area contributed by atoms with Crippen molar-refractivity contribution < 1.29 is 19.5 Å². The third kappa shape index (κ3) is 5.42. The normalized spacial score (nSPS) is 10.5. The predicted molar refractivity (Wildman–Crippen MR) is 139 cm³/mol. The standard InChI is InChI=1S/C26H23N5O4.ClH/c1-30-14-20(23(32)12-16-5-7-17(8-6-16)25(27)28)19-13-18(9-10-22(19)30)31(15-24(33)34)26(35)21-4-2-3-11-29-21;/h2-11,13-14H,12,15H2,1H3,(H3,27,28)(H,33,34);1H. The molecule has 0 unspecified atom stereocenters. The molecule has 0 atom stereocenters. The van der Waals surface area contributed by atoms with E-state index in [1.165, 1.54) is 12.3 Å². The van der Waals surface area contributed by atoms with Gasteiger partial charge in [-0.3, -0.25) is 29.7 Å². The molecule has 9 nitrogen and oxygen atoms in total. The Morgan fingerprint density at radius 2 is 1.81 bits per heavy atom. The van der Waals surface area contributed by atoms with Crippen molar-refractivity contribution in [2.45, 2.75) is 6.42 Å². The molecule has 36 heavy (non-hydrogen) atoms. The van der Waals surface area contributed by atoms with E-state index in [4.69, 9.17) is 11.1 Å². The Hall–Kier alpha value is -4.50. The number of halogens is 1. The highest BCUT2D eigenvalue weighted by molar-refractivity contribution is 6.12. The summed E-state index contributed by atoms with van der Waals surface area (Å²) in [6.07, 6.45) is 3.32. The van der Waals surface area contributed by atoms with Gasteiger partial charge in [0.1, 0.15) is 18.1 Å². The number of rotatable bonds is 8. The van der Waals surface area contributed by atoms with Gasteiger partial charge >= 0.3 is 5.97 Å². The van der Waals surface area contributed by atoms with E-state index >= 15 is 0 Å². The van der Waals surface area contributed by atoms with Crippen LogP contribution < -0.4 is 10.6 Å². The number of aromatic nitrogens is 2. The molecule has 2 aromatic heterocycles. The second-order valence-electron chi connectivity index (χ2n) is 8.07. The van der Waals surface area contributed by atoms with Crippen LogP contribution in [-0.2, 0) is 18.3 Å². The molecular formula is C26H24ClN5O4. The van der Waals surface area contributed by atoms with E-state index in [1.54, 1.807) is 60.8 Å². The van der Waals surface area contributed by atoms with Crippen molar-refractivity contribution in [3.05, 3.63) is 95.4 Å². The second-order valence-corrected chi connectivity index (χ2v) is 8.07. The molecule has 0 aliphatic heterocycles. The number of aliphatic carboxylic acids is 1. The summed E-state index contributed by atoms with van der Waals surface area (Å²) in [5.41, 5.74) is 8.53. The van der Waals surface area contributed by atoms with Crippen LogP contribution in [-0.4, -0.2) is 44.7 Å². The zero-order valence-electron chi connectivity index (χ0n) is 19.3. The van der Waals surface area contributed by atoms with Crippen molar-refractivity contribution in [1.29, 1.82) is 5.41 Å². The third-order valence-corrected chi connectivity index (χ3v) is 5.64. The first-order valence-corrected chi connectivity index (χ1v) is 10.7. The highest BCUT2D eigenvalue weighted by Crippen LogP contribution is 2.28. The zero-order chi connectivity index (χ0) is 25.1. The summed E-state index contributed by atoms with van der Waals surface area (Å²) >= 11 is 0. The lowest BCUT2D eigenvalue weighted by Gasteiger charge is -2.21. The predicted octanol–water partition coefficient (Wildman–Crippen LogP) is 3.44. The largest absolute Gasteiger partial charge is 0.480 e. The molecular weight excluding hydrogens is 482 g/mol. The van der Waals surface area contributed by atoms with Crippen LogP contribution in [0.25, 0.3) is 10.9 Å². The minimum Gasteiger partial charge on any atom is -0.480 e. The first-order valence-electron chi connectivity index (χ1n) is 10.7. The maximum Gasteiger partial charge on any atom is 0.323 e. The molecule has 0 bridgehead atoms. The van der Waals surface area contributed by atoms with E-state index in [0.717, 1.165) is 16.0 Å². The van der Waals surface area contributed by atoms with Crippen LogP contribution in [0.2, 0.25) is 0 Å². The van der Waals surface area contributed by atoms with Crippen molar-refractivity contribution in [2.24, 2.45) is 12.8 Å². The van der Waals surface area contributed by atoms with Gasteiger partial charge < -0.3 is 15.4 Å². The SMILES string of the molecule is Cl.Cn1cc(C(=O)Cc2ccc(C(=N)N)cc2)c2cc(N(CC(=O)O)C(=O)c3ccccn3)ccc21. The number of carbonyl (C=O) groups excluding carboxylic acids is 2. The molecule has 2 aromatic carbocycles. The lowest BCUT2D eigenvalue weighted by Crippen LogP contribution is -2.36. The number of ketones is 1. The summed E-state index contributed by atoms with van der Waals surface area (Å²) in [6.45, 7) is -0.556. The van der Waals surface area contributed by atoms with Gasteiger partial charge in [0.2, 0.25) is 0 Å². The number of carboxylic acids is 1. The van der Waals surface area contributed by atoms with Crippen LogP contribution in [0.1, 0.15) is 32.0 Å². The molecule has 0 fully saturated rings. The molecule has 0 spiro atoms. The summed E-state index contributed by atoms with van der Waals surface area (Å²) in [7, 11) is 1.81. The fourth-order valence-corrected chi connectivity index (χ4v) is 3.90. The fourth-order valence-electron chi connectivity index (χ4n) is 3.90. The number of nitrogens with one attached hydrogen (secondary N) is 1. The number of amides is 1. The number of benzene rings is 2. The van der Waals surface area contributed by atoms with Gasteiger partial charge in [-0.15, -0.1) is 12.4 Å². The first kappa shape index (κ1) is 26.1. The number of amidine groups is 1. The average molecular weight is 506 g/mol. The van der Waals surface area contributed by atoms with Crippen molar-refractivity contribution in [2.75, 3.05) is 11.4 Å². The number of carbonyl (C=O) groups is 3. The maximum absolute atomic E-state index is 13.2. The van der Waals surface area contributed by atoms with Gasteiger partial charge in [0.15, 0.2) is 5.78 Å². The van der Waals surface area contributed by atoms with Gasteiger partial charge in [-0.1, -0.05) is 30.3 Å². The van der Waals surface area contributed by atoms with Gasteiger partial charge in [-0.25, -0.2) is 0 Å². The van der Waals surface area contributed by atoms with E-state index in [0.29, 0.717) is 22.2 Å². The molecule has 4 N–H and O–H groups in total. The van der Waals surface area contributed by atoms with Crippen LogP contribution in [0.4, 0.5) is 5.69 Å². The summed E-state index contributed by atoms with van der Waals surface area (Å²) in [5.74, 6) is -1.91. The monoisotopic (exact) mass is 505 g/mol. The Bertz CT molecular complexity index is 1450. The number of fused-ring (bicyclic) bond motifs is 1. The Kier molecular flexibility index (Phi) is 7.86. The number of nitrogens with zero attached hydrogens (tertiary/aromatic N) is 3. The summed E-state index contributed by atoms with van der Waals surface area (Å²) in [5, 5.41) is 17.5. The van der Waals surface area contributed by atoms with Gasteiger partial charge in [-0.05, 0) is 35.9 Å². The van der Waals surface area contributed by atoms with E-state index in [2.05, 4.69) is 4.98 Å². The molecule has 10 heteroatoms. The topological polar surface area (TPSA) is 142 Å². The number of anilines is 1. The maximum atomic E-state index is 13.2. The fraction of sp³-hybridized carbons (Fsp3) is 0.115. The molecule has 0 radical (unpaired) electrons. The number of nitrogen functional groups attached to an aromatic ring is 1. The van der Waals surface area contributed by atoms with Crippen LogP contribution in [0, 0.1) is 5.41 Å². The van der Waals surface area contributed by atoms with E-state index in [-0.39, 0.29) is 36.1 Å². The smallest absolute Gasteiger partial charge is 0.323 e. The third-order valence-electron chi connectivity index (χ3n) is 5.64. The number of hydrogen-bond acceptors (Lipinski definition) is 5. The average Bonchev–Trinajstić information content (AvgIpc) is 3.18. The molecule has 4 rings (SSSR count). The molecule has 0 aliphatic rings. The number of carboxylic acid groups (broad SMARTS) is 1. The number of pyridine rings is 1. The molecule has 0 saturated carbocycles. The first-order chi connectivity index (χ1) is 16.7. The Morgan fingerprint density at radius 1 is 1.08 bits per heavy atom. The number of Topliss-reactive ketones (excluding diaryl/α,β-unsaturated/α-hetero) is 1. The van der Waals surface area contributed by atoms with Crippen LogP contribution in [0.5, 0.6) is 0 Å². The lowest BCUT2D eigenvalue weighted by molar-refractivity contribution is -0.135.